The van der Waals surface area contributed by atoms with E-state index in [1.54, 1.807) is 0 Å². The van der Waals surface area contributed by atoms with Gasteiger partial charge in [0.05, 0.1) is 23.3 Å². The summed E-state index contributed by atoms with van der Waals surface area (Å²) in [5.41, 5.74) is 3.24. The molecule has 0 bridgehead atoms. The van der Waals surface area contributed by atoms with Gasteiger partial charge in [0.2, 0.25) is 0 Å². The predicted molar refractivity (Wildman–Crippen MR) is 81.5 cm³/mol. The molecule has 6 heteroatoms. The molecule has 0 amide bonds. The Morgan fingerprint density at radius 3 is 2.75 bits per heavy atom. The largest absolute Gasteiger partial charge is 0.330 e. The Hall–Kier alpha value is -1.40. The number of aryl methyl sites for hydroxylation is 2. The van der Waals surface area contributed by atoms with E-state index in [1.165, 1.54) is 11.8 Å². The van der Waals surface area contributed by atoms with E-state index in [4.69, 9.17) is 0 Å². The lowest BCUT2D eigenvalue weighted by Gasteiger charge is -2.12. The molecule has 0 fully saturated rings. The zero-order chi connectivity index (χ0) is 14.9. The van der Waals surface area contributed by atoms with Crippen LogP contribution in [-0.2, 0) is 23.4 Å². The van der Waals surface area contributed by atoms with E-state index < -0.39 is 9.84 Å². The molecular formula is C14H21N3O2S. The smallest absolute Gasteiger partial charge is 0.148 e. The molecule has 2 aromatic rings. The first-order valence-electron chi connectivity index (χ1n) is 6.59. The summed E-state index contributed by atoms with van der Waals surface area (Å²) in [4.78, 5) is 4.59. The van der Waals surface area contributed by atoms with Crippen LogP contribution in [0.15, 0.2) is 18.2 Å². The summed E-state index contributed by atoms with van der Waals surface area (Å²) in [6.07, 6.45) is 1.25. The maximum atomic E-state index is 11.2. The number of hydrogen-bond acceptors (Lipinski definition) is 4. The third-order valence-corrected chi connectivity index (χ3v) is 4.40. The van der Waals surface area contributed by atoms with E-state index >= 15 is 0 Å². The molecule has 0 saturated heterocycles. The van der Waals surface area contributed by atoms with Crippen molar-refractivity contribution >= 4 is 20.9 Å². The molecule has 2 rings (SSSR count). The van der Waals surface area contributed by atoms with Gasteiger partial charge in [0, 0.05) is 19.3 Å². The van der Waals surface area contributed by atoms with Crippen molar-refractivity contribution in [2.45, 2.75) is 26.4 Å². The topological polar surface area (TPSA) is 64.0 Å². The number of benzene rings is 1. The van der Waals surface area contributed by atoms with Crippen molar-refractivity contribution in [2.75, 3.05) is 12.0 Å². The van der Waals surface area contributed by atoms with Crippen LogP contribution in [0.5, 0.6) is 0 Å². The molecule has 1 heterocycles. The fraction of sp³-hybridized carbons (Fsp3) is 0.500. The van der Waals surface area contributed by atoms with Crippen LogP contribution in [-0.4, -0.2) is 36.0 Å². The molecule has 110 valence electrons. The van der Waals surface area contributed by atoms with E-state index in [0.29, 0.717) is 6.54 Å². The number of aromatic nitrogens is 2. The van der Waals surface area contributed by atoms with Gasteiger partial charge >= 0.3 is 0 Å². The van der Waals surface area contributed by atoms with Gasteiger partial charge in [-0.25, -0.2) is 13.4 Å². The fourth-order valence-electron chi connectivity index (χ4n) is 2.30. The summed E-state index contributed by atoms with van der Waals surface area (Å²) >= 11 is 0. The Morgan fingerprint density at radius 2 is 2.10 bits per heavy atom. The molecule has 0 spiro atoms. The zero-order valence-electron chi connectivity index (χ0n) is 12.3. The summed E-state index contributed by atoms with van der Waals surface area (Å²) in [6.45, 7) is 4.47. The summed E-state index contributed by atoms with van der Waals surface area (Å²) in [7, 11) is -0.983. The summed E-state index contributed by atoms with van der Waals surface area (Å²) < 4.78 is 24.5. The van der Waals surface area contributed by atoms with Crippen molar-refractivity contribution in [1.29, 1.82) is 0 Å². The number of imidazole rings is 1. The monoisotopic (exact) mass is 295 g/mol. The average molecular weight is 295 g/mol. The second kappa shape index (κ2) is 5.54. The van der Waals surface area contributed by atoms with Crippen LogP contribution >= 0.6 is 0 Å². The molecule has 0 aliphatic heterocycles. The van der Waals surface area contributed by atoms with Crippen LogP contribution in [0.3, 0.4) is 0 Å². The minimum absolute atomic E-state index is 0.0912. The molecule has 0 aliphatic rings. The van der Waals surface area contributed by atoms with E-state index in [2.05, 4.69) is 28.5 Å². The highest BCUT2D eigenvalue weighted by molar-refractivity contribution is 7.90. The molecule has 20 heavy (non-hydrogen) atoms. The zero-order valence-corrected chi connectivity index (χ0v) is 13.2. The van der Waals surface area contributed by atoms with Gasteiger partial charge in [-0.15, -0.1) is 0 Å². The SMILES string of the molecule is Cc1ccc2c(c1)nc(CNC(C)CS(C)(=O)=O)n2C. The maximum Gasteiger partial charge on any atom is 0.148 e. The number of sulfone groups is 1. The second-order valence-electron chi connectivity index (χ2n) is 5.45. The first kappa shape index (κ1) is 15.0. The third kappa shape index (κ3) is 3.58. The Labute approximate surface area is 119 Å². The number of nitrogens with one attached hydrogen (secondary N) is 1. The number of fused-ring (bicyclic) bond motifs is 1. The molecule has 0 aliphatic carbocycles. The molecule has 1 atom stereocenters. The molecule has 1 unspecified atom stereocenters. The van der Waals surface area contributed by atoms with E-state index in [-0.39, 0.29) is 11.8 Å². The van der Waals surface area contributed by atoms with E-state index in [0.717, 1.165) is 16.9 Å². The Kier molecular flexibility index (Phi) is 4.15. The predicted octanol–water partition coefficient (Wildman–Crippen LogP) is 1.40. The van der Waals surface area contributed by atoms with Crippen molar-refractivity contribution in [3.05, 3.63) is 29.6 Å². The van der Waals surface area contributed by atoms with Crippen LogP contribution in [0.25, 0.3) is 11.0 Å². The summed E-state index contributed by atoms with van der Waals surface area (Å²) in [5.74, 6) is 1.04. The third-order valence-electron chi connectivity index (χ3n) is 3.29. The normalized spacial score (nSPS) is 13.8. The van der Waals surface area contributed by atoms with Crippen molar-refractivity contribution in [3.63, 3.8) is 0 Å². The minimum atomic E-state index is -2.96. The number of hydrogen-bond donors (Lipinski definition) is 1. The first-order chi connectivity index (χ1) is 9.26. The van der Waals surface area contributed by atoms with Crippen molar-refractivity contribution in [3.8, 4) is 0 Å². The van der Waals surface area contributed by atoms with Crippen molar-refractivity contribution in [2.24, 2.45) is 7.05 Å². The highest BCUT2D eigenvalue weighted by atomic mass is 32.2. The molecule has 1 aromatic heterocycles. The Balaban J connectivity index is 2.12. The van der Waals surface area contributed by atoms with Crippen LogP contribution in [0.2, 0.25) is 0 Å². The van der Waals surface area contributed by atoms with Crippen LogP contribution < -0.4 is 5.32 Å². The van der Waals surface area contributed by atoms with Crippen LogP contribution in [0, 0.1) is 6.92 Å². The molecule has 5 nitrogen and oxygen atoms in total. The second-order valence-corrected chi connectivity index (χ2v) is 7.64. The maximum absolute atomic E-state index is 11.2. The lowest BCUT2D eigenvalue weighted by molar-refractivity contribution is 0.546. The minimum Gasteiger partial charge on any atom is -0.330 e. The summed E-state index contributed by atoms with van der Waals surface area (Å²) in [6, 6.07) is 6.08. The molecular weight excluding hydrogens is 274 g/mol. The van der Waals surface area contributed by atoms with Crippen LogP contribution in [0.4, 0.5) is 0 Å². The van der Waals surface area contributed by atoms with E-state index in [9.17, 15) is 8.42 Å². The van der Waals surface area contributed by atoms with Gasteiger partial charge in [-0.05, 0) is 31.5 Å². The lowest BCUT2D eigenvalue weighted by atomic mass is 10.2. The number of rotatable bonds is 5. The van der Waals surface area contributed by atoms with Gasteiger partial charge in [0.25, 0.3) is 0 Å². The first-order valence-corrected chi connectivity index (χ1v) is 8.65. The highest BCUT2D eigenvalue weighted by Gasteiger charge is 2.12. The fourth-order valence-corrected chi connectivity index (χ4v) is 3.32. The Morgan fingerprint density at radius 1 is 1.40 bits per heavy atom. The quantitative estimate of drug-likeness (QED) is 0.906. The Bertz CT molecular complexity index is 719. The molecule has 1 N–H and O–H groups in total. The van der Waals surface area contributed by atoms with Crippen molar-refractivity contribution < 1.29 is 8.42 Å². The van der Waals surface area contributed by atoms with Gasteiger partial charge in [0.15, 0.2) is 0 Å². The molecule has 0 radical (unpaired) electrons. The summed E-state index contributed by atoms with van der Waals surface area (Å²) in [5, 5.41) is 3.21. The average Bonchev–Trinajstić information content (AvgIpc) is 2.61. The molecule has 0 saturated carbocycles. The van der Waals surface area contributed by atoms with Crippen molar-refractivity contribution in [1.82, 2.24) is 14.9 Å². The van der Waals surface area contributed by atoms with Crippen LogP contribution in [0.1, 0.15) is 18.3 Å². The molecule has 1 aromatic carbocycles. The van der Waals surface area contributed by atoms with Gasteiger partial charge in [-0.1, -0.05) is 6.07 Å². The lowest BCUT2D eigenvalue weighted by Crippen LogP contribution is -2.32. The number of nitrogens with zero attached hydrogens (tertiary/aromatic N) is 2. The standard InChI is InChI=1S/C14H21N3O2S/c1-10-5-6-13-12(7-10)16-14(17(13)3)8-15-11(2)9-20(4,18)19/h5-7,11,15H,8-9H2,1-4H3. The van der Waals surface area contributed by atoms with Gasteiger partial charge in [-0.3, -0.25) is 0 Å². The van der Waals surface area contributed by atoms with E-state index in [1.807, 2.05) is 25.5 Å². The van der Waals surface area contributed by atoms with Gasteiger partial charge in [-0.2, -0.15) is 0 Å². The highest BCUT2D eigenvalue weighted by Crippen LogP contribution is 2.16. The van der Waals surface area contributed by atoms with Gasteiger partial charge < -0.3 is 9.88 Å². The van der Waals surface area contributed by atoms with Gasteiger partial charge in [0.1, 0.15) is 15.7 Å².